The Hall–Kier alpha value is -0.490. The van der Waals surface area contributed by atoms with Crippen molar-refractivity contribution in [3.8, 4) is 0 Å². The minimum atomic E-state index is -0.162. The average molecular weight is 297 g/mol. The number of hydrogen-bond donors (Lipinski definition) is 2. The maximum atomic E-state index is 6.53. The third-order valence-electron chi connectivity index (χ3n) is 4.67. The van der Waals surface area contributed by atoms with Crippen molar-refractivity contribution in [1.82, 2.24) is 10.3 Å². The molecule has 2 rings (SSSR count). The molecule has 1 fully saturated rings. The van der Waals surface area contributed by atoms with E-state index in [0.717, 1.165) is 37.5 Å². The highest BCUT2D eigenvalue weighted by Gasteiger charge is 2.57. The summed E-state index contributed by atoms with van der Waals surface area (Å²) in [4.78, 5) is 4.47. The molecule has 114 valence electrons. The van der Waals surface area contributed by atoms with Gasteiger partial charge in [-0.2, -0.15) is 0 Å². The SMILES string of the molecule is CCOC1CC(N)(CNCCc2csc(C)n2)C1(C)C. The average Bonchev–Trinajstić information content (AvgIpc) is 2.80. The van der Waals surface area contributed by atoms with Crippen LogP contribution in [0.3, 0.4) is 0 Å². The zero-order chi connectivity index (χ0) is 14.8. The second kappa shape index (κ2) is 6.10. The van der Waals surface area contributed by atoms with Gasteiger partial charge in [0.05, 0.1) is 16.8 Å². The normalized spacial score (nSPS) is 28.4. The van der Waals surface area contributed by atoms with Crippen molar-refractivity contribution >= 4 is 11.3 Å². The minimum Gasteiger partial charge on any atom is -0.378 e. The van der Waals surface area contributed by atoms with E-state index < -0.39 is 0 Å². The second-order valence-electron chi connectivity index (χ2n) is 6.31. The summed E-state index contributed by atoms with van der Waals surface area (Å²) in [7, 11) is 0. The molecule has 20 heavy (non-hydrogen) atoms. The fourth-order valence-corrected chi connectivity index (χ4v) is 3.51. The Bertz CT molecular complexity index is 446. The van der Waals surface area contributed by atoms with E-state index in [0.29, 0.717) is 6.10 Å². The first kappa shape index (κ1) is 15.9. The van der Waals surface area contributed by atoms with Crippen LogP contribution >= 0.6 is 11.3 Å². The molecule has 4 nitrogen and oxygen atoms in total. The zero-order valence-corrected chi connectivity index (χ0v) is 13.8. The first-order chi connectivity index (χ1) is 9.39. The lowest BCUT2D eigenvalue weighted by Gasteiger charge is -2.59. The highest BCUT2D eigenvalue weighted by molar-refractivity contribution is 7.09. The van der Waals surface area contributed by atoms with Crippen LogP contribution in [0, 0.1) is 12.3 Å². The molecule has 0 amide bonds. The molecule has 0 saturated heterocycles. The van der Waals surface area contributed by atoms with Gasteiger partial charge in [0.1, 0.15) is 0 Å². The van der Waals surface area contributed by atoms with Crippen LogP contribution in [0.25, 0.3) is 0 Å². The van der Waals surface area contributed by atoms with Crippen LogP contribution in [-0.4, -0.2) is 36.3 Å². The van der Waals surface area contributed by atoms with E-state index in [1.165, 1.54) is 5.69 Å². The van der Waals surface area contributed by atoms with Crippen molar-refractivity contribution in [2.45, 2.75) is 52.2 Å². The molecule has 2 atom stereocenters. The maximum absolute atomic E-state index is 6.53. The summed E-state index contributed by atoms with van der Waals surface area (Å²) in [6.45, 7) is 11.0. The van der Waals surface area contributed by atoms with Crippen LogP contribution in [0.4, 0.5) is 0 Å². The van der Waals surface area contributed by atoms with Crippen molar-refractivity contribution in [2.24, 2.45) is 11.1 Å². The molecule has 5 heteroatoms. The quantitative estimate of drug-likeness (QED) is 0.757. The van der Waals surface area contributed by atoms with E-state index in [1.54, 1.807) is 11.3 Å². The van der Waals surface area contributed by atoms with Gasteiger partial charge in [-0.15, -0.1) is 11.3 Å². The fraction of sp³-hybridized carbons (Fsp3) is 0.800. The molecule has 0 aliphatic heterocycles. The summed E-state index contributed by atoms with van der Waals surface area (Å²) in [6.07, 6.45) is 2.20. The predicted molar refractivity (Wildman–Crippen MR) is 84.2 cm³/mol. The van der Waals surface area contributed by atoms with Crippen molar-refractivity contribution in [1.29, 1.82) is 0 Å². The minimum absolute atomic E-state index is 0.0349. The summed E-state index contributed by atoms with van der Waals surface area (Å²) in [5, 5.41) is 6.75. The largest absolute Gasteiger partial charge is 0.378 e. The number of nitrogens with two attached hydrogens (primary N) is 1. The van der Waals surface area contributed by atoms with Crippen molar-refractivity contribution in [2.75, 3.05) is 19.7 Å². The van der Waals surface area contributed by atoms with Gasteiger partial charge in [-0.1, -0.05) is 13.8 Å². The van der Waals surface area contributed by atoms with E-state index >= 15 is 0 Å². The Labute approximate surface area is 126 Å². The van der Waals surface area contributed by atoms with E-state index in [9.17, 15) is 0 Å². The molecule has 1 aliphatic rings. The third-order valence-corrected chi connectivity index (χ3v) is 5.49. The Kier molecular flexibility index (Phi) is 4.84. The number of thiazole rings is 1. The smallest absolute Gasteiger partial charge is 0.0897 e. The molecule has 3 N–H and O–H groups in total. The summed E-state index contributed by atoms with van der Waals surface area (Å²) >= 11 is 1.71. The Morgan fingerprint density at radius 1 is 1.55 bits per heavy atom. The number of rotatable bonds is 7. The Balaban J connectivity index is 1.74. The number of ether oxygens (including phenoxy) is 1. The summed E-state index contributed by atoms with van der Waals surface area (Å²) in [6, 6.07) is 0. The molecule has 1 aromatic rings. The van der Waals surface area contributed by atoms with Gasteiger partial charge in [0, 0.05) is 42.5 Å². The summed E-state index contributed by atoms with van der Waals surface area (Å²) in [5.41, 5.74) is 7.57. The lowest BCUT2D eigenvalue weighted by atomic mass is 9.54. The lowest BCUT2D eigenvalue weighted by molar-refractivity contribution is -0.147. The molecule has 0 radical (unpaired) electrons. The highest BCUT2D eigenvalue weighted by Crippen LogP contribution is 2.49. The van der Waals surface area contributed by atoms with Gasteiger partial charge in [-0.05, 0) is 20.3 Å². The zero-order valence-electron chi connectivity index (χ0n) is 13.0. The molecule has 1 saturated carbocycles. The first-order valence-electron chi connectivity index (χ1n) is 7.41. The van der Waals surface area contributed by atoms with Crippen LogP contribution in [-0.2, 0) is 11.2 Å². The monoisotopic (exact) mass is 297 g/mol. The standard InChI is InChI=1S/C15H27N3OS/c1-5-19-13-8-15(16,14(13,3)4)10-17-7-6-12-9-20-11(2)18-12/h9,13,17H,5-8,10,16H2,1-4H3. The molecular formula is C15H27N3OS. The molecule has 1 aromatic heterocycles. The van der Waals surface area contributed by atoms with Crippen LogP contribution in [0.1, 0.15) is 37.9 Å². The number of hydrogen-bond acceptors (Lipinski definition) is 5. The van der Waals surface area contributed by atoms with Crippen LogP contribution in [0.5, 0.6) is 0 Å². The topological polar surface area (TPSA) is 60.2 Å². The number of nitrogens with zero attached hydrogens (tertiary/aromatic N) is 1. The molecule has 1 heterocycles. The lowest BCUT2D eigenvalue weighted by Crippen LogP contribution is -2.73. The third kappa shape index (κ3) is 3.06. The predicted octanol–water partition coefficient (Wildman–Crippen LogP) is 2.12. The first-order valence-corrected chi connectivity index (χ1v) is 8.29. The van der Waals surface area contributed by atoms with Gasteiger partial charge in [-0.3, -0.25) is 0 Å². The van der Waals surface area contributed by atoms with Gasteiger partial charge < -0.3 is 15.8 Å². The van der Waals surface area contributed by atoms with Crippen molar-refractivity contribution < 1.29 is 4.74 Å². The van der Waals surface area contributed by atoms with E-state index in [-0.39, 0.29) is 11.0 Å². The molecule has 1 aliphatic carbocycles. The maximum Gasteiger partial charge on any atom is 0.0897 e. The van der Waals surface area contributed by atoms with Crippen molar-refractivity contribution in [3.05, 3.63) is 16.1 Å². The molecule has 0 aromatic carbocycles. The van der Waals surface area contributed by atoms with Gasteiger partial charge >= 0.3 is 0 Å². The molecule has 2 unspecified atom stereocenters. The van der Waals surface area contributed by atoms with Crippen LogP contribution < -0.4 is 11.1 Å². The second-order valence-corrected chi connectivity index (χ2v) is 7.37. The van der Waals surface area contributed by atoms with Crippen LogP contribution in [0.15, 0.2) is 5.38 Å². The highest BCUT2D eigenvalue weighted by atomic mass is 32.1. The summed E-state index contributed by atoms with van der Waals surface area (Å²) < 4.78 is 5.75. The molecule has 0 bridgehead atoms. The summed E-state index contributed by atoms with van der Waals surface area (Å²) in [5.74, 6) is 0. The fourth-order valence-electron chi connectivity index (χ4n) is 2.86. The van der Waals surface area contributed by atoms with Gasteiger partial charge in [-0.25, -0.2) is 4.98 Å². The van der Waals surface area contributed by atoms with Gasteiger partial charge in [0.25, 0.3) is 0 Å². The Morgan fingerprint density at radius 3 is 2.85 bits per heavy atom. The van der Waals surface area contributed by atoms with E-state index in [1.807, 2.05) is 13.8 Å². The Morgan fingerprint density at radius 2 is 2.30 bits per heavy atom. The van der Waals surface area contributed by atoms with Gasteiger partial charge in [0.2, 0.25) is 0 Å². The van der Waals surface area contributed by atoms with E-state index in [2.05, 4.69) is 29.5 Å². The van der Waals surface area contributed by atoms with Crippen molar-refractivity contribution in [3.63, 3.8) is 0 Å². The number of aryl methyl sites for hydroxylation is 1. The molecule has 0 spiro atoms. The van der Waals surface area contributed by atoms with E-state index in [4.69, 9.17) is 10.5 Å². The number of nitrogens with one attached hydrogen (secondary N) is 1. The van der Waals surface area contributed by atoms with Crippen LogP contribution in [0.2, 0.25) is 0 Å². The van der Waals surface area contributed by atoms with Gasteiger partial charge in [0.15, 0.2) is 0 Å². The number of aromatic nitrogens is 1. The molecular weight excluding hydrogens is 270 g/mol.